The van der Waals surface area contributed by atoms with E-state index >= 15 is 0 Å². The van der Waals surface area contributed by atoms with Crippen molar-refractivity contribution in [3.05, 3.63) is 70.6 Å². The smallest absolute Gasteiger partial charge is 0.336 e. The van der Waals surface area contributed by atoms with Crippen molar-refractivity contribution in [1.82, 2.24) is 5.32 Å². The van der Waals surface area contributed by atoms with Crippen molar-refractivity contribution in [3.8, 4) is 5.75 Å². The molecule has 1 heterocycles. The quantitative estimate of drug-likeness (QED) is 0.563. The van der Waals surface area contributed by atoms with Crippen LogP contribution in [0.4, 0.5) is 0 Å². The van der Waals surface area contributed by atoms with Crippen LogP contribution in [0.3, 0.4) is 0 Å². The Labute approximate surface area is 167 Å². The summed E-state index contributed by atoms with van der Waals surface area (Å²) >= 11 is 0. The van der Waals surface area contributed by atoms with Crippen LogP contribution in [-0.2, 0) is 21.2 Å². The third kappa shape index (κ3) is 5.43. The molecule has 3 rings (SSSR count). The largest absolute Gasteiger partial charge is 0.481 e. The minimum Gasteiger partial charge on any atom is -0.481 e. The van der Waals surface area contributed by atoms with Crippen LogP contribution in [0.15, 0.2) is 68.7 Å². The summed E-state index contributed by atoms with van der Waals surface area (Å²) in [7, 11) is -3.72. The number of sulfonamides is 1. The first-order chi connectivity index (χ1) is 13.7. The van der Waals surface area contributed by atoms with Gasteiger partial charge in [0.25, 0.3) is 5.91 Å². The van der Waals surface area contributed by atoms with Gasteiger partial charge in [-0.1, -0.05) is 12.1 Å². The van der Waals surface area contributed by atoms with Gasteiger partial charge in [0.2, 0.25) is 10.0 Å². The van der Waals surface area contributed by atoms with Gasteiger partial charge in [-0.15, -0.1) is 0 Å². The Kier molecular flexibility index (Phi) is 6.00. The highest BCUT2D eigenvalue weighted by Crippen LogP contribution is 2.20. The van der Waals surface area contributed by atoms with Crippen molar-refractivity contribution in [3.63, 3.8) is 0 Å². The van der Waals surface area contributed by atoms with E-state index in [2.05, 4.69) is 5.32 Å². The number of benzene rings is 2. The van der Waals surface area contributed by atoms with Crippen molar-refractivity contribution >= 4 is 26.9 Å². The molecule has 1 atom stereocenters. The van der Waals surface area contributed by atoms with E-state index in [1.54, 1.807) is 43.3 Å². The van der Waals surface area contributed by atoms with Gasteiger partial charge in [0.15, 0.2) is 6.10 Å². The van der Waals surface area contributed by atoms with Gasteiger partial charge in [0.1, 0.15) is 11.3 Å². The molecule has 8 nitrogen and oxygen atoms in total. The highest BCUT2D eigenvalue weighted by Gasteiger charge is 2.15. The first-order valence-corrected chi connectivity index (χ1v) is 10.4. The zero-order valence-corrected chi connectivity index (χ0v) is 16.4. The third-order valence-corrected chi connectivity index (χ3v) is 5.17. The maximum absolute atomic E-state index is 12.2. The summed E-state index contributed by atoms with van der Waals surface area (Å²) in [5, 5.41) is 8.58. The zero-order chi connectivity index (χ0) is 21.0. The Balaban J connectivity index is 1.53. The molecule has 0 saturated carbocycles. The summed E-state index contributed by atoms with van der Waals surface area (Å²) in [6.45, 7) is 1.97. The van der Waals surface area contributed by atoms with Crippen molar-refractivity contribution in [2.45, 2.75) is 24.3 Å². The highest BCUT2D eigenvalue weighted by molar-refractivity contribution is 7.89. The molecule has 0 aliphatic rings. The van der Waals surface area contributed by atoms with E-state index in [1.165, 1.54) is 18.2 Å². The zero-order valence-electron chi connectivity index (χ0n) is 15.6. The van der Waals surface area contributed by atoms with Gasteiger partial charge in [0, 0.05) is 24.1 Å². The lowest BCUT2D eigenvalue weighted by Crippen LogP contribution is -2.37. The van der Waals surface area contributed by atoms with Gasteiger partial charge in [-0.05, 0) is 49.2 Å². The molecular formula is C20H20N2O6S. The van der Waals surface area contributed by atoms with Crippen LogP contribution in [0.1, 0.15) is 12.5 Å². The molecule has 29 heavy (non-hydrogen) atoms. The summed E-state index contributed by atoms with van der Waals surface area (Å²) in [6, 6.07) is 14.1. The van der Waals surface area contributed by atoms with Crippen LogP contribution in [-0.4, -0.2) is 27.0 Å². The molecule has 0 radical (unpaired) electrons. The Morgan fingerprint density at radius 1 is 1.14 bits per heavy atom. The Hall–Kier alpha value is -3.17. The maximum Gasteiger partial charge on any atom is 0.336 e. The number of ether oxygens (including phenoxy) is 1. The monoisotopic (exact) mass is 416 g/mol. The maximum atomic E-state index is 12.2. The molecule has 0 unspecified atom stereocenters. The number of rotatable bonds is 7. The lowest BCUT2D eigenvalue weighted by molar-refractivity contribution is -0.127. The molecule has 0 aliphatic carbocycles. The number of amides is 1. The predicted octanol–water partition coefficient (Wildman–Crippen LogP) is 1.57. The van der Waals surface area contributed by atoms with E-state index in [0.717, 1.165) is 10.9 Å². The van der Waals surface area contributed by atoms with Gasteiger partial charge in [-0.3, -0.25) is 4.79 Å². The van der Waals surface area contributed by atoms with E-state index in [-0.39, 0.29) is 10.8 Å². The molecule has 9 heteroatoms. The van der Waals surface area contributed by atoms with Crippen molar-refractivity contribution < 1.29 is 22.4 Å². The first-order valence-electron chi connectivity index (χ1n) is 8.82. The molecule has 0 fully saturated rings. The number of hydrogen-bond acceptors (Lipinski definition) is 6. The second kappa shape index (κ2) is 8.46. The first kappa shape index (κ1) is 20.6. The van der Waals surface area contributed by atoms with E-state index in [1.807, 2.05) is 0 Å². The van der Waals surface area contributed by atoms with E-state index < -0.39 is 21.8 Å². The Bertz CT molecular complexity index is 1190. The van der Waals surface area contributed by atoms with Crippen LogP contribution < -0.4 is 20.8 Å². The molecule has 3 aromatic rings. The second-order valence-electron chi connectivity index (χ2n) is 6.44. The van der Waals surface area contributed by atoms with E-state index in [4.69, 9.17) is 14.3 Å². The fourth-order valence-corrected chi connectivity index (χ4v) is 3.21. The standard InChI is InChI=1S/C20H20N2O6S/c1-13(27-16-6-4-15-5-9-19(23)28-18(15)12-16)20(24)22-11-10-14-2-7-17(8-3-14)29(21,25)26/h2-9,12-13H,10-11H2,1H3,(H,22,24)(H2,21,25,26)/t13-/m0/s1. The van der Waals surface area contributed by atoms with Gasteiger partial charge >= 0.3 is 5.63 Å². The summed E-state index contributed by atoms with van der Waals surface area (Å²) in [5.41, 5.74) is 0.777. The summed E-state index contributed by atoms with van der Waals surface area (Å²) in [4.78, 5) is 23.6. The molecule has 0 bridgehead atoms. The fourth-order valence-electron chi connectivity index (χ4n) is 2.69. The number of nitrogens with two attached hydrogens (primary N) is 1. The van der Waals surface area contributed by atoms with Crippen molar-refractivity contribution in [1.29, 1.82) is 0 Å². The molecule has 1 aromatic heterocycles. The minimum absolute atomic E-state index is 0.0403. The Morgan fingerprint density at radius 3 is 2.52 bits per heavy atom. The van der Waals surface area contributed by atoms with E-state index in [0.29, 0.717) is 24.3 Å². The lowest BCUT2D eigenvalue weighted by Gasteiger charge is -2.15. The van der Waals surface area contributed by atoms with Gasteiger partial charge in [0.05, 0.1) is 4.90 Å². The van der Waals surface area contributed by atoms with Crippen LogP contribution >= 0.6 is 0 Å². The average molecular weight is 416 g/mol. The molecule has 0 aliphatic heterocycles. The highest BCUT2D eigenvalue weighted by atomic mass is 32.2. The summed E-state index contributed by atoms with van der Waals surface area (Å²) < 4.78 is 33.2. The number of primary sulfonamides is 1. The van der Waals surface area contributed by atoms with Gasteiger partial charge in [-0.2, -0.15) is 0 Å². The Morgan fingerprint density at radius 2 is 1.83 bits per heavy atom. The topological polar surface area (TPSA) is 129 Å². The number of carbonyl (C=O) groups excluding carboxylic acids is 1. The fraction of sp³-hybridized carbons (Fsp3) is 0.200. The van der Waals surface area contributed by atoms with Crippen LogP contribution in [0.2, 0.25) is 0 Å². The van der Waals surface area contributed by atoms with Crippen LogP contribution in [0.5, 0.6) is 5.75 Å². The predicted molar refractivity (Wildman–Crippen MR) is 107 cm³/mol. The van der Waals surface area contributed by atoms with Gasteiger partial charge in [-0.25, -0.2) is 18.4 Å². The third-order valence-electron chi connectivity index (χ3n) is 4.24. The second-order valence-corrected chi connectivity index (χ2v) is 8.01. The molecular weight excluding hydrogens is 396 g/mol. The normalized spacial score (nSPS) is 12.5. The minimum atomic E-state index is -3.72. The van der Waals surface area contributed by atoms with Crippen LogP contribution in [0.25, 0.3) is 11.0 Å². The molecule has 2 aromatic carbocycles. The number of nitrogens with one attached hydrogen (secondary N) is 1. The van der Waals surface area contributed by atoms with Crippen molar-refractivity contribution in [2.24, 2.45) is 5.14 Å². The van der Waals surface area contributed by atoms with Crippen molar-refractivity contribution in [2.75, 3.05) is 6.54 Å². The molecule has 152 valence electrons. The van der Waals surface area contributed by atoms with Gasteiger partial charge < -0.3 is 14.5 Å². The average Bonchev–Trinajstić information content (AvgIpc) is 2.67. The van der Waals surface area contributed by atoms with Crippen LogP contribution in [0, 0.1) is 0 Å². The molecule has 1 amide bonds. The molecule has 3 N–H and O–H groups in total. The SMILES string of the molecule is C[C@H](Oc1ccc2ccc(=O)oc2c1)C(=O)NCCc1ccc(S(N)(=O)=O)cc1. The number of carbonyl (C=O) groups is 1. The summed E-state index contributed by atoms with van der Waals surface area (Å²) in [6.07, 6.45) is -0.238. The number of hydrogen-bond donors (Lipinski definition) is 2. The number of fused-ring (bicyclic) bond motifs is 1. The van der Waals surface area contributed by atoms with E-state index in [9.17, 15) is 18.0 Å². The lowest BCUT2D eigenvalue weighted by atomic mass is 10.1. The molecule has 0 spiro atoms. The molecule has 0 saturated heterocycles. The summed E-state index contributed by atoms with van der Waals surface area (Å²) in [5.74, 6) is 0.105.